The molecule has 0 aliphatic carbocycles. The third-order valence-electron chi connectivity index (χ3n) is 2.15. The number of anilines is 1. The minimum atomic E-state index is -0.665. The highest BCUT2D eigenvalue weighted by atomic mass is 79.9. The van der Waals surface area contributed by atoms with Crippen LogP contribution in [0.5, 0.6) is 11.6 Å². The molecule has 0 amide bonds. The third-order valence-corrected chi connectivity index (χ3v) is 2.81. The van der Waals surface area contributed by atoms with Gasteiger partial charge in [0.05, 0.1) is 9.40 Å². The van der Waals surface area contributed by atoms with Gasteiger partial charge in [0.25, 0.3) is 0 Å². The predicted octanol–water partition coefficient (Wildman–Crippen LogP) is 2.23. The Morgan fingerprint density at radius 2 is 2.11 bits per heavy atom. The van der Waals surface area contributed by atoms with E-state index in [0.717, 1.165) is 6.33 Å². The van der Waals surface area contributed by atoms with Crippen molar-refractivity contribution >= 4 is 27.4 Å². The zero-order chi connectivity index (χ0) is 13.8. The first-order valence-corrected chi connectivity index (χ1v) is 5.81. The molecule has 0 radical (unpaired) electrons. The van der Waals surface area contributed by atoms with Gasteiger partial charge < -0.3 is 10.2 Å². The molecule has 1 aromatic heterocycles. The third kappa shape index (κ3) is 2.77. The molecule has 0 atom stereocenters. The average Bonchev–Trinajstić information content (AvgIpc) is 2.40. The van der Waals surface area contributed by atoms with Crippen molar-refractivity contribution < 1.29 is 9.66 Å². The number of nitrogens with zero attached hydrogens (tertiary/aromatic N) is 3. The molecule has 0 unspecified atom stereocenters. The number of para-hydroxylation sites is 1. The smallest absolute Gasteiger partial charge is 0.374 e. The van der Waals surface area contributed by atoms with Crippen LogP contribution in [0.3, 0.4) is 0 Å². The van der Waals surface area contributed by atoms with Crippen LogP contribution in [0, 0.1) is 10.1 Å². The van der Waals surface area contributed by atoms with Crippen LogP contribution in [-0.2, 0) is 0 Å². The summed E-state index contributed by atoms with van der Waals surface area (Å²) in [7, 11) is 0. The van der Waals surface area contributed by atoms with Gasteiger partial charge in [-0.05, 0) is 28.1 Å². The number of nitrogens with two attached hydrogens (primary N) is 1. The lowest BCUT2D eigenvalue weighted by molar-refractivity contribution is -0.385. The van der Waals surface area contributed by atoms with Crippen LogP contribution in [0.25, 0.3) is 0 Å². The van der Waals surface area contributed by atoms with E-state index in [2.05, 4.69) is 31.3 Å². The normalized spacial score (nSPS) is 10.0. The summed E-state index contributed by atoms with van der Waals surface area (Å²) in [5, 5.41) is 11.0. The van der Waals surface area contributed by atoms with Crippen molar-refractivity contribution in [2.75, 3.05) is 5.43 Å². The molecule has 0 aliphatic heterocycles. The van der Waals surface area contributed by atoms with E-state index in [1.807, 2.05) is 0 Å². The quantitative estimate of drug-likeness (QED) is 0.502. The number of nitrogen functional groups attached to an aromatic ring is 1. The Hall–Kier alpha value is -2.26. The Kier molecular flexibility index (Phi) is 3.88. The summed E-state index contributed by atoms with van der Waals surface area (Å²) in [6.45, 7) is 0. The Balaban J connectivity index is 2.46. The number of nitro groups is 1. The molecule has 1 heterocycles. The zero-order valence-electron chi connectivity index (χ0n) is 9.41. The molecule has 9 heteroatoms. The number of hydrazine groups is 1. The number of aromatic nitrogens is 2. The molecule has 0 saturated carbocycles. The fourth-order valence-corrected chi connectivity index (χ4v) is 1.70. The summed E-state index contributed by atoms with van der Waals surface area (Å²) in [4.78, 5) is 17.8. The second-order valence-electron chi connectivity index (χ2n) is 3.31. The fourth-order valence-electron chi connectivity index (χ4n) is 1.34. The first kappa shape index (κ1) is 13.2. The number of nitrogens with one attached hydrogen (secondary N) is 1. The second-order valence-corrected chi connectivity index (χ2v) is 4.16. The van der Waals surface area contributed by atoms with E-state index < -0.39 is 10.6 Å². The Bertz CT molecular complexity index is 622. The molecule has 3 N–H and O–H groups in total. The van der Waals surface area contributed by atoms with Crippen LogP contribution < -0.4 is 16.0 Å². The van der Waals surface area contributed by atoms with E-state index in [9.17, 15) is 10.1 Å². The number of hydrogen-bond acceptors (Lipinski definition) is 7. The molecule has 1 aromatic carbocycles. The Labute approximate surface area is 115 Å². The van der Waals surface area contributed by atoms with Crippen molar-refractivity contribution in [3.05, 3.63) is 45.2 Å². The van der Waals surface area contributed by atoms with Gasteiger partial charge in [0.2, 0.25) is 5.82 Å². The van der Waals surface area contributed by atoms with Crippen molar-refractivity contribution in [2.24, 2.45) is 5.84 Å². The summed E-state index contributed by atoms with van der Waals surface area (Å²) < 4.78 is 6.05. The van der Waals surface area contributed by atoms with Gasteiger partial charge in [-0.25, -0.2) is 10.8 Å². The van der Waals surface area contributed by atoms with Gasteiger partial charge in [-0.2, -0.15) is 4.98 Å². The van der Waals surface area contributed by atoms with Gasteiger partial charge in [0.1, 0.15) is 12.1 Å². The highest BCUT2D eigenvalue weighted by Crippen LogP contribution is 2.35. The predicted molar refractivity (Wildman–Crippen MR) is 70.7 cm³/mol. The molecule has 2 rings (SSSR count). The molecule has 8 nitrogen and oxygen atoms in total. The number of rotatable bonds is 4. The van der Waals surface area contributed by atoms with Gasteiger partial charge in [-0.15, -0.1) is 0 Å². The fraction of sp³-hybridized carbons (Fsp3) is 0. The number of ether oxygens (including phenoxy) is 1. The van der Waals surface area contributed by atoms with Crippen LogP contribution in [0.4, 0.5) is 11.5 Å². The summed E-state index contributed by atoms with van der Waals surface area (Å²) >= 11 is 3.27. The highest BCUT2D eigenvalue weighted by molar-refractivity contribution is 9.10. The summed E-state index contributed by atoms with van der Waals surface area (Å²) in [6.07, 6.45) is 1.12. The van der Waals surface area contributed by atoms with Crippen molar-refractivity contribution in [2.45, 2.75) is 0 Å². The summed E-state index contributed by atoms with van der Waals surface area (Å²) in [6, 6.07) is 6.91. The SMILES string of the molecule is NNc1ncnc(Oc2ccccc2Br)c1[N+](=O)[O-]. The molecule has 19 heavy (non-hydrogen) atoms. The maximum Gasteiger partial charge on any atom is 0.374 e. The monoisotopic (exact) mass is 325 g/mol. The summed E-state index contributed by atoms with van der Waals surface area (Å²) in [5.41, 5.74) is 1.70. The van der Waals surface area contributed by atoms with Crippen molar-refractivity contribution in [1.82, 2.24) is 9.97 Å². The Morgan fingerprint density at radius 3 is 2.74 bits per heavy atom. The number of benzene rings is 1. The molecule has 0 aliphatic rings. The molecule has 0 spiro atoms. The van der Waals surface area contributed by atoms with E-state index in [4.69, 9.17) is 10.6 Å². The van der Waals surface area contributed by atoms with Crippen molar-refractivity contribution in [3.8, 4) is 11.6 Å². The van der Waals surface area contributed by atoms with Gasteiger partial charge in [-0.1, -0.05) is 12.1 Å². The molecule has 0 saturated heterocycles. The lowest BCUT2D eigenvalue weighted by Gasteiger charge is -2.08. The van der Waals surface area contributed by atoms with Crippen molar-refractivity contribution in [3.63, 3.8) is 0 Å². The average molecular weight is 326 g/mol. The van der Waals surface area contributed by atoms with Gasteiger partial charge in [0, 0.05) is 0 Å². The van der Waals surface area contributed by atoms with Gasteiger partial charge in [-0.3, -0.25) is 10.1 Å². The first-order chi connectivity index (χ1) is 9.13. The van der Waals surface area contributed by atoms with Crippen LogP contribution in [0.1, 0.15) is 0 Å². The maximum atomic E-state index is 11.0. The van der Waals surface area contributed by atoms with Gasteiger partial charge in [0.15, 0.2) is 0 Å². The van der Waals surface area contributed by atoms with Crippen LogP contribution in [0.2, 0.25) is 0 Å². The van der Waals surface area contributed by atoms with Crippen LogP contribution in [0.15, 0.2) is 35.1 Å². The van der Waals surface area contributed by atoms with Gasteiger partial charge >= 0.3 is 11.6 Å². The van der Waals surface area contributed by atoms with Crippen LogP contribution >= 0.6 is 15.9 Å². The van der Waals surface area contributed by atoms with E-state index in [1.54, 1.807) is 24.3 Å². The molecule has 0 bridgehead atoms. The largest absolute Gasteiger partial charge is 0.432 e. The maximum absolute atomic E-state index is 11.0. The lowest BCUT2D eigenvalue weighted by atomic mass is 10.3. The molecule has 98 valence electrons. The first-order valence-electron chi connectivity index (χ1n) is 5.02. The summed E-state index contributed by atoms with van der Waals surface area (Å²) in [5.74, 6) is 5.25. The molecular weight excluding hydrogens is 318 g/mol. The minimum absolute atomic E-state index is 0.123. The van der Waals surface area contributed by atoms with Crippen molar-refractivity contribution in [1.29, 1.82) is 0 Å². The van der Waals surface area contributed by atoms with E-state index in [1.165, 1.54) is 0 Å². The second kappa shape index (κ2) is 5.59. The Morgan fingerprint density at radius 1 is 1.37 bits per heavy atom. The lowest BCUT2D eigenvalue weighted by Crippen LogP contribution is -2.12. The number of hydrogen-bond donors (Lipinski definition) is 2. The molecule has 0 fully saturated rings. The zero-order valence-corrected chi connectivity index (χ0v) is 11.0. The van der Waals surface area contributed by atoms with Crippen LogP contribution in [-0.4, -0.2) is 14.9 Å². The molecular formula is C10H8BrN5O3. The van der Waals surface area contributed by atoms with E-state index >= 15 is 0 Å². The highest BCUT2D eigenvalue weighted by Gasteiger charge is 2.24. The topological polar surface area (TPSA) is 116 Å². The van der Waals surface area contributed by atoms with E-state index in [-0.39, 0.29) is 11.7 Å². The number of halogens is 1. The molecule has 2 aromatic rings. The van der Waals surface area contributed by atoms with E-state index in [0.29, 0.717) is 10.2 Å². The minimum Gasteiger partial charge on any atom is -0.432 e. The standard InChI is InChI=1S/C10H8BrN5O3/c11-6-3-1-2-4-7(6)19-10-8(16(17)18)9(15-12)13-5-14-10/h1-5H,12H2,(H,13,14,15).